The molecule has 1 spiro atoms. The van der Waals surface area contributed by atoms with Gasteiger partial charge in [-0.3, -0.25) is 4.79 Å². The third-order valence-electron chi connectivity index (χ3n) is 2.93. The Labute approximate surface area is 78.0 Å². The second-order valence-corrected chi connectivity index (χ2v) is 3.94. The van der Waals surface area contributed by atoms with Gasteiger partial charge in [0.25, 0.3) is 5.91 Å². The molecule has 0 unspecified atom stereocenters. The topological polar surface area (TPSA) is 44.4 Å². The summed E-state index contributed by atoms with van der Waals surface area (Å²) >= 11 is 0. The fourth-order valence-corrected chi connectivity index (χ4v) is 1.99. The van der Waals surface area contributed by atoms with Crippen molar-refractivity contribution < 1.29 is 4.79 Å². The zero-order chi connectivity index (χ0) is 9.47. The van der Waals surface area contributed by atoms with Gasteiger partial charge in [0.05, 0.1) is 5.82 Å². The van der Waals surface area contributed by atoms with Gasteiger partial charge in [0.1, 0.15) is 5.54 Å². The van der Waals surface area contributed by atoms with E-state index in [4.69, 9.17) is 0 Å². The van der Waals surface area contributed by atoms with Gasteiger partial charge in [0.15, 0.2) is 0 Å². The lowest BCUT2D eigenvalue weighted by atomic mass is 9.88. The first-order valence-electron chi connectivity index (χ1n) is 4.59. The van der Waals surface area contributed by atoms with Gasteiger partial charge in [0.2, 0.25) is 0 Å². The highest BCUT2D eigenvalue weighted by atomic mass is 16.2. The van der Waals surface area contributed by atoms with Crippen LogP contribution in [0.1, 0.15) is 12.8 Å². The molecule has 0 aromatic rings. The van der Waals surface area contributed by atoms with Crippen LogP contribution in [0.4, 0.5) is 0 Å². The van der Waals surface area contributed by atoms with E-state index >= 15 is 0 Å². The maximum atomic E-state index is 11.6. The number of amides is 1. The van der Waals surface area contributed by atoms with Crippen molar-refractivity contribution in [2.24, 2.45) is 0 Å². The molecule has 0 aliphatic carbocycles. The van der Waals surface area contributed by atoms with E-state index in [2.05, 4.69) is 29.2 Å². The number of hydrogen-bond donors (Lipinski definition) is 2. The second-order valence-electron chi connectivity index (χ2n) is 3.94. The SMILES string of the molecule is C=C1NC(=O)C2(CCN(C)CC2)N1. The fourth-order valence-electron chi connectivity index (χ4n) is 1.99. The monoisotopic (exact) mass is 181 g/mol. The van der Waals surface area contributed by atoms with E-state index in [1.165, 1.54) is 0 Å². The first kappa shape index (κ1) is 8.56. The number of carbonyl (C=O) groups is 1. The van der Waals surface area contributed by atoms with Crippen LogP contribution in [0.3, 0.4) is 0 Å². The van der Waals surface area contributed by atoms with E-state index in [0.717, 1.165) is 25.9 Å². The predicted octanol–water partition coefficient (Wildman–Crippen LogP) is -0.359. The van der Waals surface area contributed by atoms with Crippen molar-refractivity contribution in [3.05, 3.63) is 12.4 Å². The van der Waals surface area contributed by atoms with Gasteiger partial charge in [-0.25, -0.2) is 0 Å². The molecule has 2 aliphatic heterocycles. The Morgan fingerprint density at radius 2 is 2.08 bits per heavy atom. The highest BCUT2D eigenvalue weighted by Gasteiger charge is 2.45. The van der Waals surface area contributed by atoms with Crippen molar-refractivity contribution in [3.63, 3.8) is 0 Å². The van der Waals surface area contributed by atoms with Crippen LogP contribution < -0.4 is 10.6 Å². The van der Waals surface area contributed by atoms with E-state index in [1.807, 2.05) is 0 Å². The normalized spacial score (nSPS) is 27.5. The largest absolute Gasteiger partial charge is 0.358 e. The fraction of sp³-hybridized carbons (Fsp3) is 0.667. The molecule has 2 fully saturated rings. The molecule has 0 aromatic carbocycles. The third-order valence-corrected chi connectivity index (χ3v) is 2.93. The zero-order valence-electron chi connectivity index (χ0n) is 7.89. The number of piperidine rings is 1. The molecular weight excluding hydrogens is 166 g/mol. The summed E-state index contributed by atoms with van der Waals surface area (Å²) in [7, 11) is 2.08. The number of nitrogens with zero attached hydrogens (tertiary/aromatic N) is 1. The molecule has 0 radical (unpaired) electrons. The maximum absolute atomic E-state index is 11.6. The summed E-state index contributed by atoms with van der Waals surface area (Å²) in [4.78, 5) is 13.9. The summed E-state index contributed by atoms with van der Waals surface area (Å²) in [5, 5.41) is 5.89. The van der Waals surface area contributed by atoms with Crippen molar-refractivity contribution >= 4 is 5.91 Å². The Morgan fingerprint density at radius 3 is 2.54 bits per heavy atom. The van der Waals surface area contributed by atoms with E-state index in [0.29, 0.717) is 5.82 Å². The lowest BCUT2D eigenvalue weighted by Crippen LogP contribution is -2.53. The van der Waals surface area contributed by atoms with Gasteiger partial charge in [-0.15, -0.1) is 0 Å². The quantitative estimate of drug-likeness (QED) is 0.536. The van der Waals surface area contributed by atoms with Crippen molar-refractivity contribution in [2.75, 3.05) is 20.1 Å². The standard InChI is InChI=1S/C9H15N3O/c1-7-10-8(13)9(11-7)3-5-12(2)6-4-9/h11H,1,3-6H2,2H3,(H,10,13). The smallest absolute Gasteiger partial charge is 0.251 e. The molecule has 4 nitrogen and oxygen atoms in total. The van der Waals surface area contributed by atoms with Crippen LogP contribution in [0.15, 0.2) is 12.4 Å². The molecule has 4 heteroatoms. The Kier molecular flexibility index (Phi) is 1.80. The van der Waals surface area contributed by atoms with Crippen LogP contribution in [-0.4, -0.2) is 36.5 Å². The third kappa shape index (κ3) is 1.31. The van der Waals surface area contributed by atoms with E-state index in [1.54, 1.807) is 0 Å². The summed E-state index contributed by atoms with van der Waals surface area (Å²) in [6, 6.07) is 0. The van der Waals surface area contributed by atoms with Crippen molar-refractivity contribution in [1.29, 1.82) is 0 Å². The van der Waals surface area contributed by atoms with Gasteiger partial charge in [-0.1, -0.05) is 6.58 Å². The molecule has 2 saturated heterocycles. The lowest BCUT2D eigenvalue weighted by molar-refractivity contribution is -0.125. The maximum Gasteiger partial charge on any atom is 0.251 e. The summed E-state index contributed by atoms with van der Waals surface area (Å²) in [6.45, 7) is 5.65. The summed E-state index contributed by atoms with van der Waals surface area (Å²) in [6.07, 6.45) is 1.74. The first-order valence-corrected chi connectivity index (χ1v) is 4.59. The highest BCUT2D eigenvalue weighted by molar-refractivity contribution is 5.90. The first-order chi connectivity index (χ1) is 6.12. The average Bonchev–Trinajstić information content (AvgIpc) is 2.34. The number of rotatable bonds is 0. The summed E-state index contributed by atoms with van der Waals surface area (Å²) in [5.74, 6) is 0.736. The van der Waals surface area contributed by atoms with Crippen LogP contribution >= 0.6 is 0 Å². The molecule has 2 aliphatic rings. The van der Waals surface area contributed by atoms with Gasteiger partial charge in [0, 0.05) is 13.1 Å². The number of carbonyl (C=O) groups excluding carboxylic acids is 1. The van der Waals surface area contributed by atoms with Crippen LogP contribution in [-0.2, 0) is 4.79 Å². The van der Waals surface area contributed by atoms with Gasteiger partial charge < -0.3 is 15.5 Å². The predicted molar refractivity (Wildman–Crippen MR) is 49.9 cm³/mol. The van der Waals surface area contributed by atoms with Gasteiger partial charge in [-0.2, -0.15) is 0 Å². The Hall–Kier alpha value is -1.03. The Balaban J connectivity index is 2.13. The summed E-state index contributed by atoms with van der Waals surface area (Å²) < 4.78 is 0. The molecule has 0 atom stereocenters. The molecule has 1 amide bonds. The molecule has 0 saturated carbocycles. The van der Waals surface area contributed by atoms with Crippen molar-refractivity contribution in [1.82, 2.24) is 15.5 Å². The Bertz CT molecular complexity index is 254. The molecule has 13 heavy (non-hydrogen) atoms. The minimum absolute atomic E-state index is 0.0885. The van der Waals surface area contributed by atoms with Crippen LogP contribution in [0, 0.1) is 0 Å². The molecule has 2 heterocycles. The zero-order valence-corrected chi connectivity index (χ0v) is 7.89. The van der Waals surface area contributed by atoms with Crippen LogP contribution in [0.2, 0.25) is 0 Å². The van der Waals surface area contributed by atoms with E-state index in [9.17, 15) is 4.79 Å². The molecule has 0 aromatic heterocycles. The summed E-state index contributed by atoms with van der Waals surface area (Å²) in [5.41, 5.74) is -0.358. The number of hydrogen-bond acceptors (Lipinski definition) is 3. The lowest BCUT2D eigenvalue weighted by Gasteiger charge is -2.35. The van der Waals surface area contributed by atoms with Crippen molar-refractivity contribution in [2.45, 2.75) is 18.4 Å². The van der Waals surface area contributed by atoms with Gasteiger partial charge >= 0.3 is 0 Å². The molecule has 2 rings (SSSR count). The molecule has 72 valence electrons. The second kappa shape index (κ2) is 2.73. The minimum Gasteiger partial charge on any atom is -0.358 e. The van der Waals surface area contributed by atoms with Crippen LogP contribution in [0.25, 0.3) is 0 Å². The highest BCUT2D eigenvalue weighted by Crippen LogP contribution is 2.26. The Morgan fingerprint density at radius 1 is 1.46 bits per heavy atom. The van der Waals surface area contributed by atoms with Gasteiger partial charge in [-0.05, 0) is 19.9 Å². The molecule has 0 bridgehead atoms. The average molecular weight is 181 g/mol. The van der Waals surface area contributed by atoms with E-state index in [-0.39, 0.29) is 11.4 Å². The van der Waals surface area contributed by atoms with Crippen LogP contribution in [0.5, 0.6) is 0 Å². The number of nitrogens with one attached hydrogen (secondary N) is 2. The molecule has 2 N–H and O–H groups in total. The minimum atomic E-state index is -0.358. The molecular formula is C9H15N3O. The number of likely N-dealkylation sites (tertiary alicyclic amines) is 1. The van der Waals surface area contributed by atoms with E-state index < -0.39 is 0 Å². The van der Waals surface area contributed by atoms with Crippen molar-refractivity contribution in [3.8, 4) is 0 Å².